The van der Waals surface area contributed by atoms with Crippen molar-refractivity contribution in [1.82, 2.24) is 4.90 Å². The molecule has 0 amide bonds. The van der Waals surface area contributed by atoms with E-state index in [9.17, 15) is 5.11 Å². The number of benzene rings is 1. The third-order valence-corrected chi connectivity index (χ3v) is 3.39. The van der Waals surface area contributed by atoms with Crippen LogP contribution < -0.4 is 0 Å². The smallest absolute Gasteiger partial charge is 0.0825 e. The van der Waals surface area contributed by atoms with Gasteiger partial charge in [-0.05, 0) is 24.9 Å². The van der Waals surface area contributed by atoms with Crippen molar-refractivity contribution >= 4 is 0 Å². The Bertz CT molecular complexity index is 385. The van der Waals surface area contributed by atoms with E-state index in [1.54, 1.807) is 0 Å². The minimum atomic E-state index is -0.482. The summed E-state index contributed by atoms with van der Waals surface area (Å²) in [6, 6.07) is 12.5. The van der Waals surface area contributed by atoms with E-state index in [0.29, 0.717) is 6.54 Å². The molecular weight excluding hydrogens is 212 g/mol. The maximum Gasteiger partial charge on any atom is 0.0825 e. The lowest BCUT2D eigenvalue weighted by molar-refractivity contribution is 0.0433. The van der Waals surface area contributed by atoms with E-state index in [0.717, 1.165) is 25.9 Å². The molecular formula is C14H18N2O. The first kappa shape index (κ1) is 12.1. The summed E-state index contributed by atoms with van der Waals surface area (Å²) in [6.45, 7) is 2.51. The lowest BCUT2D eigenvalue weighted by atomic mass is 9.95. The van der Waals surface area contributed by atoms with Crippen molar-refractivity contribution in [2.75, 3.05) is 19.6 Å². The van der Waals surface area contributed by atoms with Crippen LogP contribution in [0.3, 0.4) is 0 Å². The van der Waals surface area contributed by atoms with Crippen molar-refractivity contribution in [3.63, 3.8) is 0 Å². The summed E-state index contributed by atoms with van der Waals surface area (Å²) in [6.07, 6.45) is 1.31. The third-order valence-electron chi connectivity index (χ3n) is 3.39. The molecule has 0 unspecified atom stereocenters. The predicted molar refractivity (Wildman–Crippen MR) is 66.3 cm³/mol. The maximum atomic E-state index is 9.77. The van der Waals surface area contributed by atoms with Gasteiger partial charge >= 0.3 is 0 Å². The lowest BCUT2D eigenvalue weighted by Crippen LogP contribution is -2.44. The molecule has 1 saturated heterocycles. The molecule has 1 aliphatic rings. The first-order valence-electron chi connectivity index (χ1n) is 6.13. The van der Waals surface area contributed by atoms with Crippen LogP contribution in [-0.4, -0.2) is 35.7 Å². The van der Waals surface area contributed by atoms with Crippen LogP contribution >= 0.6 is 0 Å². The zero-order valence-corrected chi connectivity index (χ0v) is 9.92. The number of likely N-dealkylation sites (tertiary alicyclic amines) is 1. The monoisotopic (exact) mass is 230 g/mol. The Balaban J connectivity index is 1.80. The number of nitrogens with zero attached hydrogens (tertiary/aromatic N) is 2. The first-order chi connectivity index (χ1) is 8.29. The molecule has 1 heterocycles. The molecule has 3 heteroatoms. The van der Waals surface area contributed by atoms with Gasteiger partial charge in [-0.25, -0.2) is 0 Å². The van der Waals surface area contributed by atoms with Crippen LogP contribution in [0.4, 0.5) is 0 Å². The minimum absolute atomic E-state index is 0.178. The van der Waals surface area contributed by atoms with E-state index in [4.69, 9.17) is 5.26 Å². The fourth-order valence-electron chi connectivity index (χ4n) is 2.28. The molecule has 0 aliphatic carbocycles. The van der Waals surface area contributed by atoms with E-state index in [2.05, 4.69) is 23.1 Å². The highest BCUT2D eigenvalue weighted by Gasteiger charge is 2.26. The topological polar surface area (TPSA) is 47.3 Å². The van der Waals surface area contributed by atoms with Crippen molar-refractivity contribution in [1.29, 1.82) is 5.26 Å². The molecule has 0 radical (unpaired) electrons. The molecule has 1 fully saturated rings. The first-order valence-corrected chi connectivity index (χ1v) is 6.13. The number of hydrogen-bond donors (Lipinski definition) is 1. The van der Waals surface area contributed by atoms with Crippen LogP contribution in [0.25, 0.3) is 0 Å². The molecule has 0 saturated carbocycles. The van der Waals surface area contributed by atoms with Gasteiger partial charge in [-0.3, -0.25) is 0 Å². The Labute approximate surface area is 102 Å². The molecule has 0 spiro atoms. The maximum absolute atomic E-state index is 9.77. The van der Waals surface area contributed by atoms with Gasteiger partial charge in [-0.1, -0.05) is 30.3 Å². The molecule has 1 aromatic carbocycles. The summed E-state index contributed by atoms with van der Waals surface area (Å²) in [5, 5.41) is 18.6. The van der Waals surface area contributed by atoms with Crippen LogP contribution in [0, 0.1) is 17.2 Å². The zero-order valence-electron chi connectivity index (χ0n) is 9.92. The molecule has 2 atom stereocenters. The molecule has 0 bridgehead atoms. The van der Waals surface area contributed by atoms with Crippen LogP contribution in [0.15, 0.2) is 30.3 Å². The average molecular weight is 230 g/mol. The van der Waals surface area contributed by atoms with Gasteiger partial charge in [0.05, 0.1) is 18.1 Å². The van der Waals surface area contributed by atoms with Crippen LogP contribution in [0.5, 0.6) is 0 Å². The van der Waals surface area contributed by atoms with E-state index < -0.39 is 6.10 Å². The number of β-amino-alcohol motifs (C(OH)–C–C–N with tert-alkyl or cyclic N) is 1. The molecule has 90 valence electrons. The molecule has 1 aromatic rings. The van der Waals surface area contributed by atoms with Crippen LogP contribution in [-0.2, 0) is 6.42 Å². The van der Waals surface area contributed by atoms with Crippen molar-refractivity contribution in [3.8, 4) is 6.07 Å². The van der Waals surface area contributed by atoms with Gasteiger partial charge in [0.2, 0.25) is 0 Å². The van der Waals surface area contributed by atoms with Crippen molar-refractivity contribution in [2.24, 2.45) is 5.92 Å². The number of piperidine rings is 1. The van der Waals surface area contributed by atoms with Crippen LogP contribution in [0.1, 0.15) is 12.0 Å². The highest BCUT2D eigenvalue weighted by atomic mass is 16.3. The van der Waals surface area contributed by atoms with Crippen molar-refractivity contribution in [3.05, 3.63) is 35.9 Å². The lowest BCUT2D eigenvalue weighted by Gasteiger charge is -2.32. The molecule has 2 rings (SSSR count). The summed E-state index contributed by atoms with van der Waals surface area (Å²) in [4.78, 5) is 2.24. The van der Waals surface area contributed by atoms with E-state index >= 15 is 0 Å². The fraction of sp³-hybridized carbons (Fsp3) is 0.500. The largest absolute Gasteiger partial charge is 0.390 e. The number of aliphatic hydroxyl groups is 1. The van der Waals surface area contributed by atoms with Gasteiger partial charge in [-0.2, -0.15) is 5.26 Å². The van der Waals surface area contributed by atoms with Gasteiger partial charge in [0.25, 0.3) is 0 Å². The summed E-state index contributed by atoms with van der Waals surface area (Å²) >= 11 is 0. The minimum Gasteiger partial charge on any atom is -0.390 e. The molecule has 17 heavy (non-hydrogen) atoms. The summed E-state index contributed by atoms with van der Waals surface area (Å²) in [7, 11) is 0. The number of aliphatic hydroxyl groups excluding tert-OH is 1. The molecule has 1 N–H and O–H groups in total. The Hall–Kier alpha value is -1.37. The summed E-state index contributed by atoms with van der Waals surface area (Å²) in [5.74, 6) is -0.178. The fourth-order valence-corrected chi connectivity index (χ4v) is 2.28. The predicted octanol–water partition coefficient (Wildman–Crippen LogP) is 1.44. The van der Waals surface area contributed by atoms with E-state index in [1.807, 2.05) is 18.2 Å². The summed E-state index contributed by atoms with van der Waals surface area (Å²) in [5.41, 5.74) is 1.32. The second-order valence-corrected chi connectivity index (χ2v) is 4.63. The quantitative estimate of drug-likeness (QED) is 0.854. The van der Waals surface area contributed by atoms with Crippen molar-refractivity contribution < 1.29 is 5.11 Å². The Morgan fingerprint density at radius 3 is 2.76 bits per heavy atom. The number of nitriles is 1. The van der Waals surface area contributed by atoms with Gasteiger partial charge in [0.15, 0.2) is 0 Å². The van der Waals surface area contributed by atoms with Crippen LogP contribution in [0.2, 0.25) is 0 Å². The van der Waals surface area contributed by atoms with Gasteiger partial charge < -0.3 is 10.0 Å². The Morgan fingerprint density at radius 2 is 2.12 bits per heavy atom. The SMILES string of the molecule is N#C[C@H]1CCN(CCc2ccccc2)C[C@@H]1O. The van der Waals surface area contributed by atoms with Crippen molar-refractivity contribution in [2.45, 2.75) is 18.9 Å². The van der Waals surface area contributed by atoms with E-state index in [1.165, 1.54) is 5.56 Å². The second-order valence-electron chi connectivity index (χ2n) is 4.63. The Morgan fingerprint density at radius 1 is 1.35 bits per heavy atom. The number of rotatable bonds is 3. The second kappa shape index (κ2) is 5.81. The van der Waals surface area contributed by atoms with E-state index in [-0.39, 0.29) is 5.92 Å². The standard InChI is InChI=1S/C14H18N2O/c15-10-13-7-9-16(11-14(13)17)8-6-12-4-2-1-3-5-12/h1-5,13-14,17H,6-9,11H2/t13-,14+/m1/s1. The molecule has 1 aliphatic heterocycles. The van der Waals surface area contributed by atoms with Gasteiger partial charge in [0.1, 0.15) is 0 Å². The highest BCUT2D eigenvalue weighted by Crippen LogP contribution is 2.17. The molecule has 0 aromatic heterocycles. The summed E-state index contributed by atoms with van der Waals surface area (Å²) < 4.78 is 0. The van der Waals surface area contributed by atoms with Gasteiger partial charge in [0, 0.05) is 13.1 Å². The average Bonchev–Trinajstić information content (AvgIpc) is 2.38. The molecule has 3 nitrogen and oxygen atoms in total. The number of hydrogen-bond acceptors (Lipinski definition) is 3. The normalized spacial score (nSPS) is 25.4. The highest BCUT2D eigenvalue weighted by molar-refractivity contribution is 5.14. The third kappa shape index (κ3) is 3.29. The Kier molecular flexibility index (Phi) is 4.13. The van der Waals surface area contributed by atoms with Gasteiger partial charge in [-0.15, -0.1) is 0 Å². The zero-order chi connectivity index (χ0) is 12.1.